The number of carbonyl (C=O) groups excluding carboxylic acids is 1. The first-order chi connectivity index (χ1) is 12.2. The molecule has 2 unspecified atom stereocenters. The maximum atomic E-state index is 12.8. The standard InChI is InChI=1S/C16H21ClN2O6S/c1-4-19-16(21)11(9-18-19)14(20)10-5-6-12(26(3,22)23)15(13(10)17)25-8-7-24-2/h5-6,9,11,16,21H,4,7-8H2,1-3H3. The number of aliphatic hydroxyl groups excluding tert-OH is 1. The molecule has 1 aliphatic heterocycles. The van der Waals surface area contributed by atoms with Crippen LogP contribution in [0.3, 0.4) is 0 Å². The zero-order valence-corrected chi connectivity index (χ0v) is 16.2. The molecule has 0 aliphatic carbocycles. The lowest BCUT2D eigenvalue weighted by molar-refractivity contribution is 0.00434. The zero-order valence-electron chi connectivity index (χ0n) is 14.7. The first-order valence-electron chi connectivity index (χ1n) is 7.89. The Balaban J connectivity index is 2.42. The predicted octanol–water partition coefficient (Wildman–Crippen LogP) is 1.21. The topological polar surface area (TPSA) is 106 Å². The Morgan fingerprint density at radius 1 is 1.38 bits per heavy atom. The number of Topliss-reactive ketones (excluding diaryl/α,β-unsaturated/α-hetero) is 1. The van der Waals surface area contributed by atoms with Gasteiger partial charge < -0.3 is 14.6 Å². The first kappa shape index (κ1) is 20.6. The number of rotatable bonds is 8. The molecule has 1 heterocycles. The van der Waals surface area contributed by atoms with Crippen molar-refractivity contribution in [2.24, 2.45) is 11.0 Å². The molecule has 1 N–H and O–H groups in total. The summed E-state index contributed by atoms with van der Waals surface area (Å²) in [6.07, 6.45) is 1.27. The number of hydrogen-bond acceptors (Lipinski definition) is 8. The van der Waals surface area contributed by atoms with E-state index in [1.165, 1.54) is 30.5 Å². The Labute approximate surface area is 157 Å². The van der Waals surface area contributed by atoms with Gasteiger partial charge >= 0.3 is 0 Å². The molecule has 8 nitrogen and oxygen atoms in total. The van der Waals surface area contributed by atoms with Gasteiger partial charge in [0.15, 0.2) is 27.6 Å². The third-order valence-electron chi connectivity index (χ3n) is 3.89. The summed E-state index contributed by atoms with van der Waals surface area (Å²) in [5.41, 5.74) is 0.0555. The number of methoxy groups -OCH3 is 1. The average Bonchev–Trinajstić information content (AvgIpc) is 2.95. The SMILES string of the molecule is CCN1N=CC(C(=O)c2ccc(S(C)(=O)=O)c(OCCOC)c2Cl)C1O. The molecule has 0 amide bonds. The number of hydrogen-bond donors (Lipinski definition) is 1. The predicted molar refractivity (Wildman–Crippen MR) is 96.6 cm³/mol. The van der Waals surface area contributed by atoms with Gasteiger partial charge in [-0.2, -0.15) is 5.10 Å². The molecule has 26 heavy (non-hydrogen) atoms. The molecule has 144 valence electrons. The highest BCUT2D eigenvalue weighted by molar-refractivity contribution is 7.90. The van der Waals surface area contributed by atoms with Gasteiger partial charge in [0.2, 0.25) is 0 Å². The van der Waals surface area contributed by atoms with Crippen LogP contribution in [0.2, 0.25) is 5.02 Å². The first-order valence-corrected chi connectivity index (χ1v) is 10.2. The Kier molecular flexibility index (Phi) is 6.62. The molecule has 2 rings (SSSR count). The van der Waals surface area contributed by atoms with Crippen molar-refractivity contribution in [3.8, 4) is 5.75 Å². The van der Waals surface area contributed by atoms with Crippen LogP contribution in [0.25, 0.3) is 0 Å². The smallest absolute Gasteiger partial charge is 0.179 e. The van der Waals surface area contributed by atoms with Crippen molar-refractivity contribution in [1.82, 2.24) is 5.01 Å². The van der Waals surface area contributed by atoms with Crippen LogP contribution in [-0.4, -0.2) is 69.9 Å². The lowest BCUT2D eigenvalue weighted by atomic mass is 9.97. The fourth-order valence-electron chi connectivity index (χ4n) is 2.52. The van der Waals surface area contributed by atoms with Crippen molar-refractivity contribution in [2.75, 3.05) is 33.1 Å². The van der Waals surface area contributed by atoms with Gasteiger partial charge in [-0.3, -0.25) is 9.80 Å². The van der Waals surface area contributed by atoms with Crippen LogP contribution in [0.1, 0.15) is 17.3 Å². The molecule has 0 saturated heterocycles. The second-order valence-corrected chi connectivity index (χ2v) is 8.05. The van der Waals surface area contributed by atoms with Crippen LogP contribution in [0.15, 0.2) is 22.1 Å². The van der Waals surface area contributed by atoms with Gasteiger partial charge in [-0.25, -0.2) is 8.42 Å². The number of ether oxygens (including phenoxy) is 2. The minimum absolute atomic E-state index is 0.0555. The molecule has 2 atom stereocenters. The normalized spacial score (nSPS) is 19.8. The molecule has 1 aromatic rings. The van der Waals surface area contributed by atoms with Gasteiger partial charge in [0.05, 0.1) is 11.6 Å². The van der Waals surface area contributed by atoms with Crippen LogP contribution in [0.4, 0.5) is 0 Å². The highest BCUT2D eigenvalue weighted by Gasteiger charge is 2.36. The van der Waals surface area contributed by atoms with E-state index in [2.05, 4.69) is 5.10 Å². The summed E-state index contributed by atoms with van der Waals surface area (Å²) >= 11 is 6.30. The molecule has 0 aromatic heterocycles. The Bertz CT molecular complexity index is 811. The maximum absolute atomic E-state index is 12.8. The van der Waals surface area contributed by atoms with E-state index in [0.29, 0.717) is 6.54 Å². The Morgan fingerprint density at radius 3 is 2.62 bits per heavy atom. The van der Waals surface area contributed by atoms with Crippen LogP contribution in [-0.2, 0) is 14.6 Å². The van der Waals surface area contributed by atoms with Gasteiger partial charge in [0.1, 0.15) is 17.4 Å². The summed E-state index contributed by atoms with van der Waals surface area (Å²) in [5, 5.41) is 15.4. The molecule has 0 fully saturated rings. The van der Waals surface area contributed by atoms with E-state index < -0.39 is 27.8 Å². The van der Waals surface area contributed by atoms with Gasteiger partial charge in [0, 0.05) is 31.7 Å². The van der Waals surface area contributed by atoms with Crippen molar-refractivity contribution in [1.29, 1.82) is 0 Å². The van der Waals surface area contributed by atoms with Gasteiger partial charge in [-0.1, -0.05) is 11.6 Å². The zero-order chi connectivity index (χ0) is 19.5. The van der Waals surface area contributed by atoms with Crippen molar-refractivity contribution in [3.63, 3.8) is 0 Å². The Hall–Kier alpha value is -1.68. The molecule has 0 spiro atoms. The van der Waals surface area contributed by atoms with Crippen molar-refractivity contribution < 1.29 is 27.8 Å². The molecular formula is C16H21ClN2O6S. The van der Waals surface area contributed by atoms with Crippen molar-refractivity contribution in [3.05, 3.63) is 22.7 Å². The number of hydrazone groups is 1. The Morgan fingerprint density at radius 2 is 2.08 bits per heavy atom. The second-order valence-electron chi connectivity index (χ2n) is 5.69. The highest BCUT2D eigenvalue weighted by atomic mass is 35.5. The van der Waals surface area contributed by atoms with E-state index in [1.807, 2.05) is 0 Å². The number of benzene rings is 1. The summed E-state index contributed by atoms with van der Waals surface area (Å²) in [7, 11) is -2.15. The van der Waals surface area contributed by atoms with Crippen LogP contribution >= 0.6 is 11.6 Å². The summed E-state index contributed by atoms with van der Waals surface area (Å²) < 4.78 is 34.3. The minimum Gasteiger partial charge on any atom is -0.488 e. The van der Waals surface area contributed by atoms with E-state index in [9.17, 15) is 18.3 Å². The molecule has 0 bridgehead atoms. The molecular weight excluding hydrogens is 384 g/mol. The number of sulfone groups is 1. The van der Waals surface area contributed by atoms with Crippen molar-refractivity contribution >= 4 is 33.4 Å². The van der Waals surface area contributed by atoms with Crippen molar-refractivity contribution in [2.45, 2.75) is 18.0 Å². The van der Waals surface area contributed by atoms with Crippen LogP contribution in [0.5, 0.6) is 5.75 Å². The highest BCUT2D eigenvalue weighted by Crippen LogP contribution is 2.37. The number of carbonyl (C=O) groups is 1. The summed E-state index contributed by atoms with van der Waals surface area (Å²) in [4.78, 5) is 12.7. The number of aliphatic hydroxyl groups is 1. The molecule has 0 radical (unpaired) electrons. The molecule has 1 aromatic carbocycles. The van der Waals surface area contributed by atoms with Gasteiger partial charge in [-0.05, 0) is 19.1 Å². The monoisotopic (exact) mass is 404 g/mol. The van der Waals surface area contributed by atoms with Gasteiger partial charge in [-0.15, -0.1) is 0 Å². The molecule has 1 aliphatic rings. The second kappa shape index (κ2) is 8.34. The van der Waals surface area contributed by atoms with E-state index in [1.54, 1.807) is 6.92 Å². The average molecular weight is 405 g/mol. The number of nitrogens with zero attached hydrogens (tertiary/aromatic N) is 2. The quantitative estimate of drug-likeness (QED) is 0.512. The summed E-state index contributed by atoms with van der Waals surface area (Å²) in [5.74, 6) is -1.48. The number of ketones is 1. The lowest BCUT2D eigenvalue weighted by Crippen LogP contribution is -2.36. The van der Waals surface area contributed by atoms with Gasteiger partial charge in [0.25, 0.3) is 0 Å². The maximum Gasteiger partial charge on any atom is 0.179 e. The van der Waals surface area contributed by atoms with Crippen LogP contribution < -0.4 is 4.74 Å². The van der Waals surface area contributed by atoms with E-state index >= 15 is 0 Å². The third-order valence-corrected chi connectivity index (χ3v) is 5.38. The van der Waals surface area contributed by atoms with E-state index in [0.717, 1.165) is 6.26 Å². The summed E-state index contributed by atoms with van der Waals surface area (Å²) in [6, 6.07) is 2.59. The van der Waals surface area contributed by atoms with E-state index in [-0.39, 0.29) is 34.4 Å². The largest absolute Gasteiger partial charge is 0.488 e. The fraction of sp³-hybridized carbons (Fsp3) is 0.500. The minimum atomic E-state index is -3.62. The van der Waals surface area contributed by atoms with E-state index in [4.69, 9.17) is 21.1 Å². The van der Waals surface area contributed by atoms with Crippen LogP contribution in [0, 0.1) is 5.92 Å². The fourth-order valence-corrected chi connectivity index (χ4v) is 3.70. The lowest BCUT2D eigenvalue weighted by Gasteiger charge is -2.21. The third kappa shape index (κ3) is 4.17. The summed E-state index contributed by atoms with van der Waals surface area (Å²) in [6.45, 7) is 2.52. The number of halogens is 1. The molecule has 10 heteroatoms. The molecule has 0 saturated carbocycles.